The molecule has 0 aliphatic rings. The lowest BCUT2D eigenvalue weighted by Gasteiger charge is -2.07. The number of fused-ring (bicyclic) bond motifs is 1. The zero-order chi connectivity index (χ0) is 18.7. The summed E-state index contributed by atoms with van der Waals surface area (Å²) in [6.45, 7) is 3.15. The molecule has 1 amide bonds. The van der Waals surface area contributed by atoms with Crippen LogP contribution in [0.15, 0.2) is 63.9 Å². The van der Waals surface area contributed by atoms with Crippen LogP contribution in [0.3, 0.4) is 0 Å². The average Bonchev–Trinajstić information content (AvgIpc) is 3.04. The molecule has 0 radical (unpaired) electrons. The number of carbonyl (C=O) groups excluding carboxylic acids is 1. The van der Waals surface area contributed by atoms with Crippen LogP contribution in [-0.2, 0) is 14.8 Å². The third-order valence-corrected chi connectivity index (χ3v) is 5.88. The molecule has 0 unspecified atom stereocenters. The first-order valence-corrected chi connectivity index (χ1v) is 10.1. The summed E-state index contributed by atoms with van der Waals surface area (Å²) in [6, 6.07) is 13.8. The molecule has 0 spiro atoms. The number of anilines is 1. The monoisotopic (exact) mass is 387 g/mol. The molecule has 1 aromatic heterocycles. The molecule has 0 bridgehead atoms. The van der Waals surface area contributed by atoms with E-state index in [1.807, 2.05) is 29.6 Å². The lowest BCUT2D eigenvalue weighted by molar-refractivity contribution is -0.114. The minimum Gasteiger partial charge on any atom is -0.326 e. The summed E-state index contributed by atoms with van der Waals surface area (Å²) in [5.41, 5.74) is 2.01. The summed E-state index contributed by atoms with van der Waals surface area (Å²) in [4.78, 5) is 13.4. The van der Waals surface area contributed by atoms with Crippen LogP contribution in [0, 0.1) is 0 Å². The second-order valence-corrected chi connectivity index (χ2v) is 8.22. The predicted octanol–water partition coefficient (Wildman–Crippen LogP) is 3.56. The van der Waals surface area contributed by atoms with Crippen LogP contribution in [0.1, 0.15) is 19.4 Å². The maximum Gasteiger partial charge on any atom is 0.276 e. The van der Waals surface area contributed by atoms with E-state index in [0.717, 1.165) is 15.6 Å². The molecular weight excluding hydrogens is 370 g/mol. The molecule has 3 rings (SSSR count). The first-order chi connectivity index (χ1) is 12.4. The van der Waals surface area contributed by atoms with Crippen LogP contribution >= 0.6 is 11.3 Å². The van der Waals surface area contributed by atoms with Crippen molar-refractivity contribution in [3.05, 3.63) is 59.5 Å². The quantitative estimate of drug-likeness (QED) is 0.518. The van der Waals surface area contributed by atoms with Gasteiger partial charge < -0.3 is 5.32 Å². The van der Waals surface area contributed by atoms with Gasteiger partial charge in [-0.15, -0.1) is 11.3 Å². The first kappa shape index (κ1) is 18.1. The van der Waals surface area contributed by atoms with E-state index in [4.69, 9.17) is 0 Å². The highest BCUT2D eigenvalue weighted by molar-refractivity contribution is 7.89. The Morgan fingerprint density at radius 2 is 1.73 bits per heavy atom. The number of hydrazone groups is 1. The van der Waals surface area contributed by atoms with Crippen LogP contribution in [-0.4, -0.2) is 20.0 Å². The molecule has 0 aliphatic heterocycles. The van der Waals surface area contributed by atoms with E-state index in [0.29, 0.717) is 11.4 Å². The number of benzene rings is 2. The van der Waals surface area contributed by atoms with E-state index in [1.165, 1.54) is 31.2 Å². The number of nitrogens with zero attached hydrogens (tertiary/aromatic N) is 1. The standard InChI is InChI=1S/C18H17N3O3S2/c1-12(17-11-25-18-6-4-3-5-16(17)18)20-21-26(23,24)15-9-7-14(8-10-15)19-13(2)22/h3-11,21H,1-2H3,(H,19,22). The third kappa shape index (κ3) is 3.92. The first-order valence-electron chi connectivity index (χ1n) is 7.77. The Morgan fingerprint density at radius 3 is 2.42 bits per heavy atom. The smallest absolute Gasteiger partial charge is 0.276 e. The molecule has 2 aromatic carbocycles. The number of hydrogen-bond donors (Lipinski definition) is 2. The predicted molar refractivity (Wildman–Crippen MR) is 105 cm³/mol. The summed E-state index contributed by atoms with van der Waals surface area (Å²) in [5.74, 6) is -0.220. The van der Waals surface area contributed by atoms with Crippen LogP contribution in [0.2, 0.25) is 0 Å². The number of amides is 1. The topological polar surface area (TPSA) is 87.6 Å². The lowest BCUT2D eigenvalue weighted by Crippen LogP contribution is -2.20. The summed E-state index contributed by atoms with van der Waals surface area (Å²) < 4.78 is 25.9. The second kappa shape index (κ2) is 7.27. The van der Waals surface area contributed by atoms with Crippen molar-refractivity contribution >= 4 is 48.8 Å². The van der Waals surface area contributed by atoms with Crippen molar-refractivity contribution in [1.82, 2.24) is 4.83 Å². The maximum atomic E-state index is 12.4. The zero-order valence-electron chi connectivity index (χ0n) is 14.2. The Bertz CT molecular complexity index is 1080. The van der Waals surface area contributed by atoms with Gasteiger partial charge in [-0.05, 0) is 37.3 Å². The Balaban J connectivity index is 1.80. The Kier molecular flexibility index (Phi) is 5.06. The van der Waals surface area contributed by atoms with Gasteiger partial charge in [-0.25, -0.2) is 0 Å². The number of thiophene rings is 1. The van der Waals surface area contributed by atoms with Gasteiger partial charge in [-0.1, -0.05) is 18.2 Å². The highest BCUT2D eigenvalue weighted by Crippen LogP contribution is 2.26. The minimum atomic E-state index is -3.79. The van der Waals surface area contributed by atoms with Crippen molar-refractivity contribution in [2.45, 2.75) is 18.7 Å². The van der Waals surface area contributed by atoms with Crippen molar-refractivity contribution < 1.29 is 13.2 Å². The molecule has 26 heavy (non-hydrogen) atoms. The number of rotatable bonds is 5. The summed E-state index contributed by atoms with van der Waals surface area (Å²) in [5, 5.41) is 9.64. The van der Waals surface area contributed by atoms with Gasteiger partial charge in [0.2, 0.25) is 5.91 Å². The Morgan fingerprint density at radius 1 is 1.04 bits per heavy atom. The van der Waals surface area contributed by atoms with Crippen molar-refractivity contribution in [2.75, 3.05) is 5.32 Å². The maximum absolute atomic E-state index is 12.4. The van der Waals surface area contributed by atoms with Crippen LogP contribution in [0.5, 0.6) is 0 Å². The van der Waals surface area contributed by atoms with Gasteiger partial charge in [-0.2, -0.15) is 18.4 Å². The number of sulfonamides is 1. The number of hydrogen-bond acceptors (Lipinski definition) is 5. The zero-order valence-corrected chi connectivity index (χ0v) is 15.8. The van der Waals surface area contributed by atoms with Gasteiger partial charge in [0.25, 0.3) is 10.0 Å². The summed E-state index contributed by atoms with van der Waals surface area (Å²) in [7, 11) is -3.79. The Hall–Kier alpha value is -2.71. The molecule has 6 nitrogen and oxygen atoms in total. The van der Waals surface area contributed by atoms with E-state index in [2.05, 4.69) is 15.2 Å². The molecular formula is C18H17N3O3S2. The molecule has 2 N–H and O–H groups in total. The minimum absolute atomic E-state index is 0.0679. The fourth-order valence-corrected chi connectivity index (χ4v) is 4.28. The van der Waals surface area contributed by atoms with Gasteiger partial charge in [0.15, 0.2) is 0 Å². The molecule has 134 valence electrons. The Labute approximate surface area is 155 Å². The van der Waals surface area contributed by atoms with Gasteiger partial charge >= 0.3 is 0 Å². The van der Waals surface area contributed by atoms with E-state index in [1.54, 1.807) is 18.3 Å². The molecule has 3 aromatic rings. The normalized spacial score (nSPS) is 12.2. The largest absolute Gasteiger partial charge is 0.326 e. The van der Waals surface area contributed by atoms with Gasteiger partial charge in [0.1, 0.15) is 0 Å². The van der Waals surface area contributed by atoms with Gasteiger partial charge in [0.05, 0.1) is 10.6 Å². The van der Waals surface area contributed by atoms with Crippen LogP contribution in [0.25, 0.3) is 10.1 Å². The van der Waals surface area contributed by atoms with Crippen molar-refractivity contribution in [3.8, 4) is 0 Å². The molecule has 0 aliphatic carbocycles. The van der Waals surface area contributed by atoms with E-state index < -0.39 is 10.0 Å². The molecule has 0 saturated heterocycles. The van der Waals surface area contributed by atoms with E-state index in [9.17, 15) is 13.2 Å². The highest BCUT2D eigenvalue weighted by Gasteiger charge is 2.14. The van der Waals surface area contributed by atoms with Gasteiger partial charge in [-0.3, -0.25) is 4.79 Å². The third-order valence-electron chi connectivity index (χ3n) is 3.69. The SMILES string of the molecule is CC(=O)Nc1ccc(S(=O)(=O)NN=C(C)c2csc3ccccc23)cc1. The van der Waals surface area contributed by atoms with E-state index >= 15 is 0 Å². The van der Waals surface area contributed by atoms with Crippen molar-refractivity contribution in [1.29, 1.82) is 0 Å². The highest BCUT2D eigenvalue weighted by atomic mass is 32.2. The molecule has 0 fully saturated rings. The summed E-state index contributed by atoms with van der Waals surface area (Å²) >= 11 is 1.59. The molecule has 8 heteroatoms. The fourth-order valence-electron chi connectivity index (χ4n) is 2.42. The van der Waals surface area contributed by atoms with E-state index in [-0.39, 0.29) is 10.8 Å². The average molecular weight is 387 g/mol. The van der Waals surface area contributed by atoms with Crippen LogP contribution in [0.4, 0.5) is 5.69 Å². The number of nitrogens with one attached hydrogen (secondary N) is 2. The lowest BCUT2D eigenvalue weighted by atomic mass is 10.1. The second-order valence-electron chi connectivity index (χ2n) is 5.64. The summed E-state index contributed by atoms with van der Waals surface area (Å²) in [6.07, 6.45) is 0. The molecule has 0 saturated carbocycles. The molecule has 0 atom stereocenters. The van der Waals surface area contributed by atoms with Gasteiger partial charge in [0, 0.05) is 33.6 Å². The van der Waals surface area contributed by atoms with Crippen molar-refractivity contribution in [3.63, 3.8) is 0 Å². The fraction of sp³-hybridized carbons (Fsp3) is 0.111. The van der Waals surface area contributed by atoms with Crippen LogP contribution < -0.4 is 10.1 Å². The van der Waals surface area contributed by atoms with Crippen molar-refractivity contribution in [2.24, 2.45) is 5.10 Å². The molecule has 1 heterocycles. The number of carbonyl (C=O) groups is 1.